The molecule has 4 rings (SSSR count). The average Bonchev–Trinajstić information content (AvgIpc) is 3.53. The second kappa shape index (κ2) is 11.3. The largest absolute Gasteiger partial charge is 0.373 e. The minimum absolute atomic E-state index is 0.287. The molecule has 1 amide bonds. The van der Waals surface area contributed by atoms with E-state index in [1.807, 2.05) is 78.6 Å². The van der Waals surface area contributed by atoms with Crippen molar-refractivity contribution >= 4 is 22.9 Å². The molecule has 39 heavy (non-hydrogen) atoms. The number of amides is 1. The lowest BCUT2D eigenvalue weighted by molar-refractivity contribution is 0.102. The smallest absolute Gasteiger partial charge is 0.255 e. The van der Waals surface area contributed by atoms with Crippen LogP contribution in [0.4, 0.5) is 11.4 Å². The number of benzene rings is 2. The molecule has 0 radical (unpaired) electrons. The van der Waals surface area contributed by atoms with Crippen molar-refractivity contribution in [2.75, 3.05) is 44.4 Å². The number of anilines is 2. The fourth-order valence-electron chi connectivity index (χ4n) is 4.07. The zero-order chi connectivity index (χ0) is 28.3. The Labute approximate surface area is 228 Å². The quantitative estimate of drug-likeness (QED) is 0.330. The van der Waals surface area contributed by atoms with Gasteiger partial charge in [0.15, 0.2) is 0 Å². The van der Waals surface area contributed by atoms with Crippen molar-refractivity contribution in [2.24, 2.45) is 7.05 Å². The molecule has 2 heterocycles. The Morgan fingerprint density at radius 2 is 1.85 bits per heavy atom. The first kappa shape index (κ1) is 27.3. The molecule has 0 atom stereocenters. The number of allylic oxidation sites excluding steroid dienone is 1. The first-order valence-corrected chi connectivity index (χ1v) is 12.5. The number of rotatable bonds is 9. The number of carbonyl (C=O) groups is 1. The molecule has 0 aliphatic rings. The molecule has 200 valence electrons. The summed E-state index contributed by atoms with van der Waals surface area (Å²) in [4.78, 5) is 17.5. The summed E-state index contributed by atoms with van der Waals surface area (Å²) < 4.78 is 3.49. The van der Waals surface area contributed by atoms with E-state index in [1.54, 1.807) is 21.6 Å². The molecule has 0 spiro atoms. The van der Waals surface area contributed by atoms with Crippen LogP contribution in [0, 0.1) is 25.2 Å². The molecule has 0 aliphatic carbocycles. The van der Waals surface area contributed by atoms with Gasteiger partial charge in [-0.1, -0.05) is 17.9 Å². The summed E-state index contributed by atoms with van der Waals surface area (Å²) in [7, 11) is 7.87. The van der Waals surface area contributed by atoms with Crippen molar-refractivity contribution in [2.45, 2.75) is 13.8 Å². The van der Waals surface area contributed by atoms with Crippen LogP contribution in [0.3, 0.4) is 0 Å². The highest BCUT2D eigenvalue weighted by molar-refractivity contribution is 6.05. The van der Waals surface area contributed by atoms with E-state index in [9.17, 15) is 10.1 Å². The minimum Gasteiger partial charge on any atom is -0.373 e. The maximum Gasteiger partial charge on any atom is 0.255 e. The Bertz CT molecular complexity index is 1570. The number of carbonyl (C=O) groups excluding carboxylic acids is 1. The van der Waals surface area contributed by atoms with Crippen LogP contribution in [0.1, 0.15) is 27.2 Å². The van der Waals surface area contributed by atoms with E-state index in [2.05, 4.69) is 43.2 Å². The minimum atomic E-state index is -0.287. The standard InChI is InChI=1S/C29H33N9O/c1-19-8-9-24(15-28(19)38-18-27(33-34-38)26-17-31-37(7)21(26)3)32-29(39)23-12-22(20(2)16-30)13-25(14-23)36(6)11-10-35(4)5/h8-9,12-15,17-18H,2,10-11H2,1,3-7H3,(H,32,39). The first-order chi connectivity index (χ1) is 18.6. The number of hydrogen-bond donors (Lipinski definition) is 1. The number of nitriles is 1. The Morgan fingerprint density at radius 3 is 2.51 bits per heavy atom. The van der Waals surface area contributed by atoms with Gasteiger partial charge in [0, 0.05) is 55.4 Å². The van der Waals surface area contributed by atoms with Gasteiger partial charge < -0.3 is 15.1 Å². The van der Waals surface area contributed by atoms with Gasteiger partial charge in [-0.05, 0) is 69.4 Å². The lowest BCUT2D eigenvalue weighted by Crippen LogP contribution is -2.28. The lowest BCUT2D eigenvalue weighted by atomic mass is 10.0. The van der Waals surface area contributed by atoms with Crippen LogP contribution in [-0.2, 0) is 7.05 Å². The van der Waals surface area contributed by atoms with Gasteiger partial charge in [0.25, 0.3) is 5.91 Å². The summed E-state index contributed by atoms with van der Waals surface area (Å²) in [6.45, 7) is 9.41. The summed E-state index contributed by atoms with van der Waals surface area (Å²) in [6.07, 6.45) is 3.62. The Kier molecular flexibility index (Phi) is 7.93. The number of hydrogen-bond acceptors (Lipinski definition) is 7. The summed E-state index contributed by atoms with van der Waals surface area (Å²) >= 11 is 0. The topological polar surface area (TPSA) is 108 Å². The predicted octanol–water partition coefficient (Wildman–Crippen LogP) is 4.07. The van der Waals surface area contributed by atoms with Gasteiger partial charge in [-0.3, -0.25) is 9.48 Å². The van der Waals surface area contributed by atoms with E-state index in [1.165, 1.54) is 0 Å². The van der Waals surface area contributed by atoms with Gasteiger partial charge in [-0.2, -0.15) is 10.4 Å². The molecule has 2 aromatic heterocycles. The number of aryl methyl sites for hydroxylation is 2. The molecule has 10 nitrogen and oxygen atoms in total. The van der Waals surface area contributed by atoms with E-state index < -0.39 is 0 Å². The molecule has 0 saturated carbocycles. The monoisotopic (exact) mass is 523 g/mol. The van der Waals surface area contributed by atoms with E-state index in [-0.39, 0.29) is 5.91 Å². The number of likely N-dealkylation sites (N-methyl/N-ethyl adjacent to an activating group) is 2. The second-order valence-corrected chi connectivity index (χ2v) is 9.85. The third kappa shape index (κ3) is 6.05. The fourth-order valence-corrected chi connectivity index (χ4v) is 4.07. The molecule has 0 aliphatic heterocycles. The predicted molar refractivity (Wildman–Crippen MR) is 154 cm³/mol. The zero-order valence-corrected chi connectivity index (χ0v) is 23.2. The fraction of sp³-hybridized carbons (Fsp3) is 0.276. The van der Waals surface area contributed by atoms with Crippen LogP contribution in [0.5, 0.6) is 0 Å². The van der Waals surface area contributed by atoms with E-state index in [0.717, 1.165) is 47.0 Å². The van der Waals surface area contributed by atoms with Crippen molar-refractivity contribution in [1.29, 1.82) is 5.26 Å². The van der Waals surface area contributed by atoms with Crippen LogP contribution >= 0.6 is 0 Å². The molecule has 1 N–H and O–H groups in total. The maximum atomic E-state index is 13.4. The van der Waals surface area contributed by atoms with Crippen LogP contribution in [0.15, 0.2) is 55.4 Å². The number of aromatic nitrogens is 5. The summed E-state index contributed by atoms with van der Waals surface area (Å²) in [5, 5.41) is 25.4. The van der Waals surface area contributed by atoms with E-state index in [4.69, 9.17) is 0 Å². The first-order valence-electron chi connectivity index (χ1n) is 12.5. The maximum absolute atomic E-state index is 13.4. The zero-order valence-electron chi connectivity index (χ0n) is 23.2. The molecule has 0 bridgehead atoms. The van der Waals surface area contributed by atoms with Gasteiger partial charge in [0.1, 0.15) is 5.69 Å². The van der Waals surface area contributed by atoms with Gasteiger partial charge in [-0.15, -0.1) is 5.10 Å². The number of nitrogens with one attached hydrogen (secondary N) is 1. The SMILES string of the molecule is C=C(C#N)c1cc(C(=O)Nc2ccc(C)c(-n3cc(-c4cnn(C)c4C)nn3)c2)cc(N(C)CCN(C)C)c1. The van der Waals surface area contributed by atoms with Crippen LogP contribution in [0.2, 0.25) is 0 Å². The normalized spacial score (nSPS) is 10.9. The number of nitrogens with zero attached hydrogens (tertiary/aromatic N) is 8. The Balaban J connectivity index is 1.61. The van der Waals surface area contributed by atoms with E-state index >= 15 is 0 Å². The van der Waals surface area contributed by atoms with Gasteiger partial charge >= 0.3 is 0 Å². The van der Waals surface area contributed by atoms with Crippen LogP contribution in [0.25, 0.3) is 22.5 Å². The molecule has 4 aromatic rings. The summed E-state index contributed by atoms with van der Waals surface area (Å²) in [5.41, 5.74) is 7.20. The average molecular weight is 524 g/mol. The molecule has 2 aromatic carbocycles. The Morgan fingerprint density at radius 1 is 1.10 bits per heavy atom. The molecular formula is C29H33N9O. The van der Waals surface area contributed by atoms with E-state index in [0.29, 0.717) is 22.4 Å². The summed E-state index contributed by atoms with van der Waals surface area (Å²) in [6, 6.07) is 13.1. The van der Waals surface area contributed by atoms with Gasteiger partial charge in [0.05, 0.1) is 29.7 Å². The van der Waals surface area contributed by atoms with Crippen molar-refractivity contribution < 1.29 is 4.79 Å². The van der Waals surface area contributed by atoms with Crippen LogP contribution < -0.4 is 10.2 Å². The molecule has 10 heteroatoms. The van der Waals surface area contributed by atoms with Crippen molar-refractivity contribution in [1.82, 2.24) is 29.7 Å². The third-order valence-corrected chi connectivity index (χ3v) is 6.71. The van der Waals surface area contributed by atoms with Crippen molar-refractivity contribution in [3.8, 4) is 23.0 Å². The highest BCUT2D eigenvalue weighted by Gasteiger charge is 2.16. The van der Waals surface area contributed by atoms with Gasteiger partial charge in [-0.25, -0.2) is 4.68 Å². The second-order valence-electron chi connectivity index (χ2n) is 9.85. The van der Waals surface area contributed by atoms with Crippen LogP contribution in [-0.4, -0.2) is 69.8 Å². The highest BCUT2D eigenvalue weighted by Crippen LogP contribution is 2.26. The molecule has 0 fully saturated rings. The van der Waals surface area contributed by atoms with Gasteiger partial charge in [0.2, 0.25) is 0 Å². The van der Waals surface area contributed by atoms with Crippen molar-refractivity contribution in [3.05, 3.63) is 77.8 Å². The van der Waals surface area contributed by atoms with Crippen molar-refractivity contribution in [3.63, 3.8) is 0 Å². The third-order valence-electron chi connectivity index (χ3n) is 6.71. The molecular weight excluding hydrogens is 490 g/mol. The Hall–Kier alpha value is -4.75. The lowest BCUT2D eigenvalue weighted by Gasteiger charge is -2.23. The molecule has 0 saturated heterocycles. The highest BCUT2D eigenvalue weighted by atomic mass is 16.1. The molecule has 0 unspecified atom stereocenters. The summed E-state index contributed by atoms with van der Waals surface area (Å²) in [5.74, 6) is -0.287.